The average molecular weight is 309 g/mol. The molecule has 3 heteroatoms. The first-order chi connectivity index (χ1) is 10.9. The molecule has 0 N–H and O–H groups in total. The quantitative estimate of drug-likeness (QED) is 0.621. The Kier molecular flexibility index (Phi) is 3.81. The second-order valence-electron chi connectivity index (χ2n) is 5.89. The zero-order valence-electron chi connectivity index (χ0n) is 12.5. The van der Waals surface area contributed by atoms with E-state index < -0.39 is 0 Å². The van der Waals surface area contributed by atoms with Crippen molar-refractivity contribution in [1.29, 1.82) is 0 Å². The summed E-state index contributed by atoms with van der Waals surface area (Å²) in [6.45, 7) is 0. The molecule has 1 saturated carbocycles. The van der Waals surface area contributed by atoms with Crippen LogP contribution in [0.15, 0.2) is 48.5 Å². The second-order valence-corrected chi connectivity index (χ2v) is 6.92. The van der Waals surface area contributed by atoms with E-state index in [0.29, 0.717) is 6.10 Å². The molecule has 0 saturated heterocycles. The lowest BCUT2D eigenvalue weighted by Crippen LogP contribution is -2.19. The smallest absolute Gasteiger partial charge is 0.124 e. The van der Waals surface area contributed by atoms with Gasteiger partial charge in [0.05, 0.1) is 16.3 Å². The maximum Gasteiger partial charge on any atom is 0.124 e. The first kappa shape index (κ1) is 13.8. The Hall–Kier alpha value is -1.87. The van der Waals surface area contributed by atoms with Crippen molar-refractivity contribution < 1.29 is 4.74 Å². The Morgan fingerprint density at radius 3 is 2.45 bits per heavy atom. The predicted molar refractivity (Wildman–Crippen MR) is 92.6 cm³/mol. The van der Waals surface area contributed by atoms with E-state index in [1.807, 2.05) is 6.07 Å². The van der Waals surface area contributed by atoms with Gasteiger partial charge in [-0.25, -0.2) is 4.98 Å². The summed E-state index contributed by atoms with van der Waals surface area (Å²) >= 11 is 1.74. The van der Waals surface area contributed by atoms with E-state index in [2.05, 4.69) is 42.5 Å². The van der Waals surface area contributed by atoms with Crippen LogP contribution >= 0.6 is 11.3 Å². The molecule has 2 nitrogen and oxygen atoms in total. The molecule has 2 aromatic carbocycles. The molecule has 0 aliphatic heterocycles. The number of hydrogen-bond donors (Lipinski definition) is 0. The first-order valence-electron chi connectivity index (χ1n) is 8.01. The lowest BCUT2D eigenvalue weighted by molar-refractivity contribution is 0.155. The van der Waals surface area contributed by atoms with Gasteiger partial charge in [-0.3, -0.25) is 0 Å². The monoisotopic (exact) mass is 309 g/mol. The van der Waals surface area contributed by atoms with E-state index in [0.717, 1.165) is 21.8 Å². The van der Waals surface area contributed by atoms with Gasteiger partial charge in [-0.1, -0.05) is 18.6 Å². The molecule has 1 heterocycles. The van der Waals surface area contributed by atoms with Gasteiger partial charge in [0.1, 0.15) is 10.8 Å². The van der Waals surface area contributed by atoms with Crippen molar-refractivity contribution in [1.82, 2.24) is 4.98 Å². The van der Waals surface area contributed by atoms with Crippen LogP contribution in [0.2, 0.25) is 0 Å². The average Bonchev–Trinajstić information content (AvgIpc) is 3.00. The van der Waals surface area contributed by atoms with Crippen LogP contribution in [-0.4, -0.2) is 11.1 Å². The van der Waals surface area contributed by atoms with Crippen LogP contribution in [0.25, 0.3) is 20.8 Å². The Morgan fingerprint density at radius 1 is 0.909 bits per heavy atom. The molecule has 0 amide bonds. The van der Waals surface area contributed by atoms with E-state index in [1.54, 1.807) is 11.3 Å². The van der Waals surface area contributed by atoms with E-state index in [-0.39, 0.29) is 0 Å². The molecule has 1 aliphatic rings. The molecule has 1 aliphatic carbocycles. The van der Waals surface area contributed by atoms with E-state index in [1.165, 1.54) is 36.8 Å². The third kappa shape index (κ3) is 2.86. The molecule has 0 radical (unpaired) electrons. The number of rotatable bonds is 3. The summed E-state index contributed by atoms with van der Waals surface area (Å²) in [6.07, 6.45) is 6.75. The lowest BCUT2D eigenvalue weighted by atomic mass is 9.98. The summed E-state index contributed by atoms with van der Waals surface area (Å²) < 4.78 is 7.32. The van der Waals surface area contributed by atoms with E-state index >= 15 is 0 Å². The molecule has 22 heavy (non-hydrogen) atoms. The summed E-state index contributed by atoms with van der Waals surface area (Å²) in [4.78, 5) is 4.71. The summed E-state index contributed by atoms with van der Waals surface area (Å²) in [5.41, 5.74) is 2.24. The minimum atomic E-state index is 0.405. The topological polar surface area (TPSA) is 22.1 Å². The lowest BCUT2D eigenvalue weighted by Gasteiger charge is -2.22. The standard InChI is InChI=1S/C19H19NOS/c1-2-6-15(7-3-1)21-16-12-10-14(11-13-16)19-20-17-8-4-5-9-18(17)22-19/h4-5,8-13,15H,1-3,6-7H2. The van der Waals surface area contributed by atoms with Crippen molar-refractivity contribution in [2.24, 2.45) is 0 Å². The Balaban J connectivity index is 1.53. The molecule has 0 bridgehead atoms. The van der Waals surface area contributed by atoms with Crippen LogP contribution in [0, 0.1) is 0 Å². The predicted octanol–water partition coefficient (Wildman–Crippen LogP) is 5.67. The number of aromatic nitrogens is 1. The number of thiazole rings is 1. The van der Waals surface area contributed by atoms with Gasteiger partial charge in [-0.05, 0) is 62.1 Å². The highest BCUT2D eigenvalue weighted by atomic mass is 32.1. The van der Waals surface area contributed by atoms with Crippen molar-refractivity contribution in [3.05, 3.63) is 48.5 Å². The maximum absolute atomic E-state index is 6.09. The number of nitrogens with zero attached hydrogens (tertiary/aromatic N) is 1. The molecular weight excluding hydrogens is 290 g/mol. The van der Waals surface area contributed by atoms with Crippen molar-refractivity contribution in [3.63, 3.8) is 0 Å². The third-order valence-electron chi connectivity index (χ3n) is 4.25. The molecular formula is C19H19NOS. The fourth-order valence-corrected chi connectivity index (χ4v) is 4.02. The van der Waals surface area contributed by atoms with Gasteiger partial charge in [-0.2, -0.15) is 0 Å². The van der Waals surface area contributed by atoms with Gasteiger partial charge in [0.25, 0.3) is 0 Å². The van der Waals surface area contributed by atoms with Crippen molar-refractivity contribution in [2.45, 2.75) is 38.2 Å². The summed E-state index contributed by atoms with van der Waals surface area (Å²) in [7, 11) is 0. The Labute approximate surface area is 134 Å². The van der Waals surface area contributed by atoms with Gasteiger partial charge in [0.15, 0.2) is 0 Å². The first-order valence-corrected chi connectivity index (χ1v) is 8.83. The second kappa shape index (κ2) is 6.09. The zero-order chi connectivity index (χ0) is 14.8. The number of fused-ring (bicyclic) bond motifs is 1. The molecule has 3 aromatic rings. The van der Waals surface area contributed by atoms with Gasteiger partial charge in [-0.15, -0.1) is 11.3 Å². The van der Waals surface area contributed by atoms with Crippen LogP contribution in [-0.2, 0) is 0 Å². The van der Waals surface area contributed by atoms with Gasteiger partial charge >= 0.3 is 0 Å². The molecule has 0 unspecified atom stereocenters. The molecule has 112 valence electrons. The third-order valence-corrected chi connectivity index (χ3v) is 5.34. The maximum atomic E-state index is 6.09. The van der Waals surface area contributed by atoms with Gasteiger partial charge in [0.2, 0.25) is 0 Å². The highest BCUT2D eigenvalue weighted by Gasteiger charge is 2.15. The zero-order valence-corrected chi connectivity index (χ0v) is 13.3. The summed E-state index contributed by atoms with van der Waals surface area (Å²) in [5.74, 6) is 0.983. The molecule has 0 atom stereocenters. The fraction of sp³-hybridized carbons (Fsp3) is 0.316. The molecule has 4 rings (SSSR count). The summed E-state index contributed by atoms with van der Waals surface area (Å²) in [5, 5.41) is 1.07. The van der Waals surface area contributed by atoms with Gasteiger partial charge < -0.3 is 4.74 Å². The number of hydrogen-bond acceptors (Lipinski definition) is 3. The van der Waals surface area contributed by atoms with Crippen LogP contribution in [0.4, 0.5) is 0 Å². The number of benzene rings is 2. The summed E-state index contributed by atoms with van der Waals surface area (Å²) in [6, 6.07) is 16.7. The van der Waals surface area contributed by atoms with E-state index in [9.17, 15) is 0 Å². The minimum absolute atomic E-state index is 0.405. The Morgan fingerprint density at radius 2 is 1.68 bits per heavy atom. The largest absolute Gasteiger partial charge is 0.490 e. The molecule has 0 spiro atoms. The minimum Gasteiger partial charge on any atom is -0.490 e. The highest BCUT2D eigenvalue weighted by Crippen LogP contribution is 2.31. The van der Waals surface area contributed by atoms with Crippen LogP contribution in [0.5, 0.6) is 5.75 Å². The van der Waals surface area contributed by atoms with Gasteiger partial charge in [0, 0.05) is 5.56 Å². The van der Waals surface area contributed by atoms with Crippen molar-refractivity contribution >= 4 is 21.6 Å². The van der Waals surface area contributed by atoms with Crippen LogP contribution < -0.4 is 4.74 Å². The Bertz CT molecular complexity index is 723. The van der Waals surface area contributed by atoms with Crippen LogP contribution in [0.3, 0.4) is 0 Å². The van der Waals surface area contributed by atoms with E-state index in [4.69, 9.17) is 9.72 Å². The fourth-order valence-electron chi connectivity index (χ4n) is 3.05. The van der Waals surface area contributed by atoms with Crippen LogP contribution in [0.1, 0.15) is 32.1 Å². The normalized spacial score (nSPS) is 16.0. The highest BCUT2D eigenvalue weighted by molar-refractivity contribution is 7.21. The number of para-hydroxylation sites is 1. The van der Waals surface area contributed by atoms with Crippen molar-refractivity contribution in [3.8, 4) is 16.3 Å². The van der Waals surface area contributed by atoms with Crippen molar-refractivity contribution in [2.75, 3.05) is 0 Å². The molecule has 1 aromatic heterocycles. The number of ether oxygens (including phenoxy) is 1. The molecule has 1 fully saturated rings. The SMILES string of the molecule is c1ccc2sc(-c3ccc(OC4CCCCC4)cc3)nc2c1.